The van der Waals surface area contributed by atoms with Gasteiger partial charge in [-0.15, -0.1) is 0 Å². The van der Waals surface area contributed by atoms with E-state index in [4.69, 9.17) is 5.73 Å². The molecule has 0 saturated heterocycles. The van der Waals surface area contributed by atoms with E-state index in [-0.39, 0.29) is 0 Å². The van der Waals surface area contributed by atoms with Crippen molar-refractivity contribution in [2.45, 2.75) is 0 Å². The number of rotatable bonds is 5. The molecule has 5 N–H and O–H groups in total. The van der Waals surface area contributed by atoms with E-state index in [1.165, 1.54) is 0 Å². The fourth-order valence-electron chi connectivity index (χ4n) is 3.19. The number of nitrogens with one attached hydrogen (secondary N) is 3. The van der Waals surface area contributed by atoms with Crippen molar-refractivity contribution in [3.63, 3.8) is 0 Å². The number of hydrogen-bond acceptors (Lipinski definition) is 3. The van der Waals surface area contributed by atoms with Crippen LogP contribution in [0.5, 0.6) is 0 Å². The molecular weight excluding hydrogens is 458 g/mol. The second-order valence-corrected chi connectivity index (χ2v) is 7.62. The van der Waals surface area contributed by atoms with Crippen LogP contribution in [0.15, 0.2) is 77.5 Å². The summed E-state index contributed by atoms with van der Waals surface area (Å²) in [4.78, 5) is 32.0. The second-order valence-electron chi connectivity index (χ2n) is 6.70. The maximum absolute atomic E-state index is 12.5. The molecule has 3 amide bonds. The minimum atomic E-state index is -0.549. The van der Waals surface area contributed by atoms with E-state index < -0.39 is 11.9 Å². The quantitative estimate of drug-likeness (QED) is 0.304. The van der Waals surface area contributed by atoms with Crippen LogP contribution in [0.3, 0.4) is 0 Å². The van der Waals surface area contributed by atoms with Gasteiger partial charge in [-0.1, -0.05) is 46.3 Å². The first-order valence-corrected chi connectivity index (χ1v) is 10.2. The summed E-state index contributed by atoms with van der Waals surface area (Å²) in [5.74, 6) is -0.549. The summed E-state index contributed by atoms with van der Waals surface area (Å²) in [6, 6.07) is 17.7. The summed E-state index contributed by atoms with van der Waals surface area (Å²) in [6.45, 7) is 0. The number of pyridine rings is 1. The van der Waals surface area contributed by atoms with Gasteiger partial charge in [0.2, 0.25) is 5.91 Å². The fourth-order valence-corrected chi connectivity index (χ4v) is 3.45. The fraction of sp³-hybridized carbons (Fsp3) is 0. The minimum absolute atomic E-state index is 0.357. The number of aromatic amines is 1. The van der Waals surface area contributed by atoms with Crippen molar-refractivity contribution in [2.75, 3.05) is 10.6 Å². The Morgan fingerprint density at radius 1 is 1.00 bits per heavy atom. The van der Waals surface area contributed by atoms with E-state index in [2.05, 4.69) is 36.5 Å². The van der Waals surface area contributed by atoms with Crippen molar-refractivity contribution in [3.8, 4) is 0 Å². The van der Waals surface area contributed by atoms with Crippen molar-refractivity contribution in [1.82, 2.24) is 9.97 Å². The summed E-state index contributed by atoms with van der Waals surface area (Å²) >= 11 is 3.37. The molecule has 0 saturated carbocycles. The third kappa shape index (κ3) is 4.65. The highest BCUT2D eigenvalue weighted by molar-refractivity contribution is 9.10. The molecule has 0 spiro atoms. The maximum atomic E-state index is 12.5. The van der Waals surface area contributed by atoms with E-state index in [0.29, 0.717) is 39.1 Å². The molecule has 0 atom stereocenters. The molecule has 0 fully saturated rings. The molecule has 0 aliphatic rings. The molecule has 0 radical (unpaired) electrons. The van der Waals surface area contributed by atoms with Crippen molar-refractivity contribution >= 4 is 61.9 Å². The Labute approximate surface area is 186 Å². The summed E-state index contributed by atoms with van der Waals surface area (Å²) in [5, 5.41) is 6.31. The molecule has 0 aliphatic carbocycles. The number of carbonyl (C=O) groups is 2. The van der Waals surface area contributed by atoms with Gasteiger partial charge in [0, 0.05) is 39.1 Å². The summed E-state index contributed by atoms with van der Waals surface area (Å²) < 4.78 is 0.918. The van der Waals surface area contributed by atoms with Gasteiger partial charge in [0.1, 0.15) is 5.65 Å². The van der Waals surface area contributed by atoms with Gasteiger partial charge >= 0.3 is 6.03 Å². The van der Waals surface area contributed by atoms with Gasteiger partial charge in [-0.3, -0.25) is 4.79 Å². The lowest BCUT2D eigenvalue weighted by Crippen LogP contribution is -2.19. The zero-order valence-electron chi connectivity index (χ0n) is 16.2. The Kier molecular flexibility index (Phi) is 5.81. The SMILES string of the molecule is NC(=O)C(=Cc1c[nH]c2nccc(NC(=O)Nc3ccc(Br)cc3)c12)c1ccccc1. The highest BCUT2D eigenvalue weighted by atomic mass is 79.9. The van der Waals surface area contributed by atoms with Crippen LogP contribution in [0, 0.1) is 0 Å². The number of urea groups is 1. The molecule has 4 rings (SSSR count). The average molecular weight is 476 g/mol. The van der Waals surface area contributed by atoms with Gasteiger partial charge in [-0.2, -0.15) is 0 Å². The minimum Gasteiger partial charge on any atom is -0.366 e. The lowest BCUT2D eigenvalue weighted by Gasteiger charge is -2.10. The molecule has 8 heteroatoms. The van der Waals surface area contributed by atoms with Crippen LogP contribution in [0.4, 0.5) is 16.2 Å². The number of halogens is 1. The van der Waals surface area contributed by atoms with Crippen molar-refractivity contribution in [1.29, 1.82) is 0 Å². The molecule has 2 aromatic carbocycles. The zero-order chi connectivity index (χ0) is 21.8. The Morgan fingerprint density at radius 2 is 1.74 bits per heavy atom. The second kappa shape index (κ2) is 8.85. The van der Waals surface area contributed by atoms with E-state index >= 15 is 0 Å². The van der Waals surface area contributed by atoms with Crippen molar-refractivity contribution in [3.05, 3.63) is 88.7 Å². The predicted molar refractivity (Wildman–Crippen MR) is 126 cm³/mol. The van der Waals surface area contributed by atoms with Crippen LogP contribution in [-0.4, -0.2) is 21.9 Å². The first-order valence-electron chi connectivity index (χ1n) is 9.38. The number of hydrogen-bond donors (Lipinski definition) is 4. The number of primary amides is 1. The Morgan fingerprint density at radius 3 is 2.45 bits per heavy atom. The van der Waals surface area contributed by atoms with Crippen LogP contribution in [-0.2, 0) is 4.79 Å². The molecule has 2 heterocycles. The van der Waals surface area contributed by atoms with Crippen LogP contribution < -0.4 is 16.4 Å². The third-order valence-electron chi connectivity index (χ3n) is 4.60. The Bertz CT molecular complexity index is 1280. The Balaban J connectivity index is 1.68. The topological polar surface area (TPSA) is 113 Å². The number of anilines is 2. The molecule has 0 unspecified atom stereocenters. The average Bonchev–Trinajstić information content (AvgIpc) is 3.18. The molecule has 2 aromatic heterocycles. The molecule has 0 bridgehead atoms. The van der Waals surface area contributed by atoms with Crippen LogP contribution in [0.2, 0.25) is 0 Å². The molecule has 4 aromatic rings. The predicted octanol–water partition coefficient (Wildman–Crippen LogP) is 5.00. The van der Waals surface area contributed by atoms with Gasteiger partial charge in [0.05, 0.1) is 5.69 Å². The van der Waals surface area contributed by atoms with Crippen LogP contribution >= 0.6 is 15.9 Å². The summed E-state index contributed by atoms with van der Waals surface area (Å²) in [6.07, 6.45) is 5.01. The standard InChI is InChI=1S/C23H18BrN5O2/c24-16-6-8-17(9-7-16)28-23(31)29-19-10-11-26-22-20(19)15(13-27-22)12-18(21(25)30)14-4-2-1-3-5-14/h1-13H,(H2,25,30)(H3,26,27,28,29,31). The van der Waals surface area contributed by atoms with Crippen LogP contribution in [0.25, 0.3) is 22.7 Å². The number of carbonyl (C=O) groups excluding carboxylic acids is 2. The number of amides is 3. The van der Waals surface area contributed by atoms with Gasteiger partial charge in [-0.25, -0.2) is 9.78 Å². The van der Waals surface area contributed by atoms with Gasteiger partial charge in [0.15, 0.2) is 0 Å². The van der Waals surface area contributed by atoms with Crippen molar-refractivity contribution < 1.29 is 9.59 Å². The molecule has 31 heavy (non-hydrogen) atoms. The van der Waals surface area contributed by atoms with E-state index in [0.717, 1.165) is 4.47 Å². The van der Waals surface area contributed by atoms with Gasteiger partial charge < -0.3 is 21.4 Å². The largest absolute Gasteiger partial charge is 0.366 e. The number of H-pyrrole nitrogens is 1. The van der Waals surface area contributed by atoms with Gasteiger partial charge in [-0.05, 0) is 42.0 Å². The number of nitrogens with zero attached hydrogens (tertiary/aromatic N) is 1. The number of aromatic nitrogens is 2. The highest BCUT2D eigenvalue weighted by Crippen LogP contribution is 2.29. The Hall–Kier alpha value is -3.91. The van der Waals surface area contributed by atoms with Crippen molar-refractivity contribution in [2.24, 2.45) is 5.73 Å². The van der Waals surface area contributed by atoms with E-state index in [9.17, 15) is 9.59 Å². The maximum Gasteiger partial charge on any atom is 0.323 e. The van der Waals surface area contributed by atoms with Gasteiger partial charge in [0.25, 0.3) is 0 Å². The molecule has 154 valence electrons. The first kappa shape index (κ1) is 20.4. The number of fused-ring (bicyclic) bond motifs is 1. The smallest absolute Gasteiger partial charge is 0.323 e. The molecule has 7 nitrogen and oxygen atoms in total. The monoisotopic (exact) mass is 475 g/mol. The highest BCUT2D eigenvalue weighted by Gasteiger charge is 2.14. The lowest BCUT2D eigenvalue weighted by molar-refractivity contribution is -0.112. The third-order valence-corrected chi connectivity index (χ3v) is 5.13. The number of nitrogens with two attached hydrogens (primary N) is 1. The number of benzene rings is 2. The normalized spacial score (nSPS) is 11.3. The van der Waals surface area contributed by atoms with E-state index in [1.807, 2.05) is 42.5 Å². The molecule has 0 aliphatic heterocycles. The summed E-state index contributed by atoms with van der Waals surface area (Å²) in [7, 11) is 0. The van der Waals surface area contributed by atoms with Crippen LogP contribution in [0.1, 0.15) is 11.1 Å². The summed E-state index contributed by atoms with van der Waals surface area (Å²) in [5.41, 5.74) is 9.14. The zero-order valence-corrected chi connectivity index (χ0v) is 17.8. The molecular formula is C23H18BrN5O2. The lowest BCUT2D eigenvalue weighted by atomic mass is 10.0. The van der Waals surface area contributed by atoms with E-state index in [1.54, 1.807) is 36.7 Å². The first-order chi connectivity index (χ1) is 15.0.